The highest BCUT2D eigenvalue weighted by atomic mass is 79.9. The first kappa shape index (κ1) is 14.7. The van der Waals surface area contributed by atoms with E-state index in [-0.39, 0.29) is 5.41 Å². The Balaban J connectivity index is 2.47. The van der Waals surface area contributed by atoms with Crippen molar-refractivity contribution in [1.29, 1.82) is 0 Å². The molecule has 2 rings (SSSR count). The zero-order valence-corrected chi connectivity index (χ0v) is 13.3. The van der Waals surface area contributed by atoms with Gasteiger partial charge in [0, 0.05) is 16.4 Å². The Morgan fingerprint density at radius 2 is 1.68 bits per heavy atom. The maximum atomic E-state index is 6.11. The van der Waals surface area contributed by atoms with Crippen LogP contribution in [0.25, 0.3) is 0 Å². The van der Waals surface area contributed by atoms with Gasteiger partial charge in [0.05, 0.1) is 14.2 Å². The highest BCUT2D eigenvalue weighted by molar-refractivity contribution is 9.10. The number of benzene rings is 1. The lowest BCUT2D eigenvalue weighted by Crippen LogP contribution is -2.37. The number of hydrogen-bond acceptors (Lipinski definition) is 3. The zero-order valence-electron chi connectivity index (χ0n) is 11.7. The molecule has 19 heavy (non-hydrogen) atoms. The minimum Gasteiger partial charge on any atom is -0.493 e. The second-order valence-corrected chi connectivity index (χ2v) is 6.09. The molecule has 0 amide bonds. The molecule has 4 heteroatoms. The summed E-state index contributed by atoms with van der Waals surface area (Å²) in [6.07, 6.45) is 6.11. The van der Waals surface area contributed by atoms with Gasteiger partial charge in [0.1, 0.15) is 0 Å². The van der Waals surface area contributed by atoms with E-state index >= 15 is 0 Å². The predicted molar refractivity (Wildman–Crippen MR) is 81.1 cm³/mol. The van der Waals surface area contributed by atoms with Crippen molar-refractivity contribution in [3.8, 4) is 11.5 Å². The third-order valence-corrected chi connectivity index (χ3v) is 4.90. The van der Waals surface area contributed by atoms with Gasteiger partial charge in [0.2, 0.25) is 0 Å². The molecule has 1 aliphatic rings. The molecular formula is C15H22BrNO2. The van der Waals surface area contributed by atoms with E-state index in [1.54, 1.807) is 14.2 Å². The Hall–Kier alpha value is -0.740. The van der Waals surface area contributed by atoms with E-state index < -0.39 is 0 Å². The smallest absolute Gasteiger partial charge is 0.161 e. The van der Waals surface area contributed by atoms with Gasteiger partial charge in [0.15, 0.2) is 11.5 Å². The van der Waals surface area contributed by atoms with Gasteiger partial charge in [-0.3, -0.25) is 0 Å². The van der Waals surface area contributed by atoms with Crippen LogP contribution in [0.1, 0.15) is 37.7 Å². The second-order valence-electron chi connectivity index (χ2n) is 5.23. The summed E-state index contributed by atoms with van der Waals surface area (Å²) in [6, 6.07) is 4.07. The fourth-order valence-corrected chi connectivity index (χ4v) is 3.82. The minimum absolute atomic E-state index is 0.0800. The van der Waals surface area contributed by atoms with Gasteiger partial charge in [0.25, 0.3) is 0 Å². The SMILES string of the molecule is COc1cc(Br)c(C2(CN)CCCCC2)cc1OC. The number of hydrogen-bond donors (Lipinski definition) is 1. The monoisotopic (exact) mass is 327 g/mol. The first-order chi connectivity index (χ1) is 9.16. The van der Waals surface area contributed by atoms with Gasteiger partial charge >= 0.3 is 0 Å². The van der Waals surface area contributed by atoms with Crippen molar-refractivity contribution in [2.45, 2.75) is 37.5 Å². The van der Waals surface area contributed by atoms with Crippen molar-refractivity contribution >= 4 is 15.9 Å². The molecule has 0 saturated heterocycles. The first-order valence-electron chi connectivity index (χ1n) is 6.79. The molecule has 1 aromatic carbocycles. The van der Waals surface area contributed by atoms with E-state index in [0.717, 1.165) is 28.8 Å². The summed E-state index contributed by atoms with van der Waals surface area (Å²) >= 11 is 3.67. The maximum Gasteiger partial charge on any atom is 0.161 e. The number of nitrogens with two attached hydrogens (primary N) is 1. The quantitative estimate of drug-likeness (QED) is 0.918. The Morgan fingerprint density at radius 1 is 1.11 bits per heavy atom. The Morgan fingerprint density at radius 3 is 2.21 bits per heavy atom. The number of halogens is 1. The summed E-state index contributed by atoms with van der Waals surface area (Å²) in [5.74, 6) is 1.53. The third kappa shape index (κ3) is 2.75. The molecule has 1 saturated carbocycles. The topological polar surface area (TPSA) is 44.5 Å². The van der Waals surface area contributed by atoms with Crippen molar-refractivity contribution in [2.24, 2.45) is 5.73 Å². The van der Waals surface area contributed by atoms with Crippen LogP contribution in [0.3, 0.4) is 0 Å². The number of ether oxygens (including phenoxy) is 2. The summed E-state index contributed by atoms with van der Waals surface area (Å²) in [5.41, 5.74) is 7.45. The Labute approximate surface area is 123 Å². The third-order valence-electron chi connectivity index (χ3n) is 4.25. The van der Waals surface area contributed by atoms with Crippen LogP contribution in [0, 0.1) is 0 Å². The fraction of sp³-hybridized carbons (Fsp3) is 0.600. The van der Waals surface area contributed by atoms with Crippen LogP contribution >= 0.6 is 15.9 Å². The van der Waals surface area contributed by atoms with E-state index in [2.05, 4.69) is 22.0 Å². The standard InChI is InChI=1S/C15H22BrNO2/c1-18-13-8-11(12(16)9-14(13)19-2)15(10-17)6-4-3-5-7-15/h8-9H,3-7,10,17H2,1-2H3. The molecular weight excluding hydrogens is 306 g/mol. The van der Waals surface area contributed by atoms with Crippen LogP contribution in [-0.4, -0.2) is 20.8 Å². The molecule has 106 valence electrons. The van der Waals surface area contributed by atoms with Gasteiger partial charge in [-0.25, -0.2) is 0 Å². The molecule has 0 unspecified atom stereocenters. The van der Waals surface area contributed by atoms with Crippen molar-refractivity contribution < 1.29 is 9.47 Å². The van der Waals surface area contributed by atoms with E-state index in [1.807, 2.05) is 6.07 Å². The van der Waals surface area contributed by atoms with Gasteiger partial charge in [-0.15, -0.1) is 0 Å². The first-order valence-corrected chi connectivity index (χ1v) is 7.58. The van der Waals surface area contributed by atoms with E-state index in [4.69, 9.17) is 15.2 Å². The average Bonchev–Trinajstić information content (AvgIpc) is 2.47. The number of methoxy groups -OCH3 is 2. The largest absolute Gasteiger partial charge is 0.493 e. The number of rotatable bonds is 4. The Kier molecular flexibility index (Phi) is 4.74. The molecule has 0 spiro atoms. The molecule has 1 aromatic rings. The molecule has 3 nitrogen and oxygen atoms in total. The zero-order chi connectivity index (χ0) is 13.9. The molecule has 0 aliphatic heterocycles. The molecule has 1 fully saturated rings. The van der Waals surface area contributed by atoms with Crippen LogP contribution in [0.2, 0.25) is 0 Å². The lowest BCUT2D eigenvalue weighted by molar-refractivity contribution is 0.296. The average molecular weight is 328 g/mol. The van der Waals surface area contributed by atoms with Crippen LogP contribution < -0.4 is 15.2 Å². The van der Waals surface area contributed by atoms with Gasteiger partial charge in [-0.2, -0.15) is 0 Å². The van der Waals surface area contributed by atoms with Gasteiger partial charge < -0.3 is 15.2 Å². The van der Waals surface area contributed by atoms with Gasteiger partial charge in [-0.05, 0) is 30.5 Å². The molecule has 0 atom stereocenters. The predicted octanol–water partition coefficient (Wildman–Crippen LogP) is 3.63. The molecule has 0 aromatic heterocycles. The van der Waals surface area contributed by atoms with Crippen LogP contribution in [0.5, 0.6) is 11.5 Å². The summed E-state index contributed by atoms with van der Waals surface area (Å²) in [6.45, 7) is 0.682. The summed E-state index contributed by atoms with van der Waals surface area (Å²) < 4.78 is 11.8. The minimum atomic E-state index is 0.0800. The van der Waals surface area contributed by atoms with E-state index in [9.17, 15) is 0 Å². The van der Waals surface area contributed by atoms with E-state index in [1.165, 1.54) is 24.8 Å². The summed E-state index contributed by atoms with van der Waals surface area (Å²) in [4.78, 5) is 0. The highest BCUT2D eigenvalue weighted by Gasteiger charge is 2.35. The maximum absolute atomic E-state index is 6.11. The van der Waals surface area contributed by atoms with Crippen molar-refractivity contribution in [2.75, 3.05) is 20.8 Å². The molecule has 0 radical (unpaired) electrons. The van der Waals surface area contributed by atoms with Crippen molar-refractivity contribution in [1.82, 2.24) is 0 Å². The van der Waals surface area contributed by atoms with Crippen molar-refractivity contribution in [3.63, 3.8) is 0 Å². The molecule has 0 bridgehead atoms. The Bertz CT molecular complexity index is 442. The normalized spacial score (nSPS) is 18.1. The lowest BCUT2D eigenvalue weighted by Gasteiger charge is -2.37. The summed E-state index contributed by atoms with van der Waals surface area (Å²) in [7, 11) is 3.33. The van der Waals surface area contributed by atoms with E-state index in [0.29, 0.717) is 6.54 Å². The molecule has 2 N–H and O–H groups in total. The molecule has 1 aliphatic carbocycles. The van der Waals surface area contributed by atoms with Crippen LogP contribution in [0.4, 0.5) is 0 Å². The lowest BCUT2D eigenvalue weighted by atomic mass is 9.69. The van der Waals surface area contributed by atoms with Crippen LogP contribution in [0.15, 0.2) is 16.6 Å². The van der Waals surface area contributed by atoms with Crippen molar-refractivity contribution in [3.05, 3.63) is 22.2 Å². The second kappa shape index (κ2) is 6.14. The van der Waals surface area contributed by atoms with Gasteiger partial charge in [-0.1, -0.05) is 35.2 Å². The summed E-state index contributed by atoms with van der Waals surface area (Å²) in [5, 5.41) is 0. The fourth-order valence-electron chi connectivity index (χ4n) is 3.07. The molecule has 0 heterocycles. The highest BCUT2D eigenvalue weighted by Crippen LogP contribution is 2.45. The van der Waals surface area contributed by atoms with Crippen LogP contribution in [-0.2, 0) is 5.41 Å².